The molecule has 0 bridgehead atoms. The minimum atomic E-state index is -4.45. The molecule has 1 aromatic carbocycles. The average Bonchev–Trinajstić information content (AvgIpc) is 2.53. The average molecular weight is 354 g/mol. The third-order valence-corrected chi connectivity index (χ3v) is 3.67. The summed E-state index contributed by atoms with van der Waals surface area (Å²) in [6.45, 7) is 0.0338. The molecule has 0 atom stereocenters. The molecule has 4 nitrogen and oxygen atoms in total. The number of alkyl halides is 3. The molecule has 0 spiro atoms. The number of anilines is 1. The first-order valence-corrected chi connectivity index (χ1v) is 7.29. The topological polar surface area (TPSA) is 57.8 Å². The monoisotopic (exact) mass is 353 g/mol. The van der Waals surface area contributed by atoms with Crippen LogP contribution in [-0.2, 0) is 12.7 Å². The molecule has 8 heteroatoms. The van der Waals surface area contributed by atoms with E-state index < -0.39 is 11.7 Å². The van der Waals surface area contributed by atoms with E-state index in [0.29, 0.717) is 16.1 Å². The van der Waals surface area contributed by atoms with Crippen LogP contribution in [0, 0.1) is 0 Å². The van der Waals surface area contributed by atoms with Crippen molar-refractivity contribution in [2.24, 2.45) is 0 Å². The van der Waals surface area contributed by atoms with Crippen molar-refractivity contribution < 1.29 is 13.2 Å². The Morgan fingerprint density at radius 1 is 1.17 bits per heavy atom. The zero-order chi connectivity index (χ0) is 17.3. The maximum Gasteiger partial charge on any atom is 0.416 e. The normalized spacial score (nSPS) is 11.7. The van der Waals surface area contributed by atoms with Gasteiger partial charge in [0.1, 0.15) is 5.82 Å². The number of aromatic amines is 1. The number of rotatable bonds is 3. The summed E-state index contributed by atoms with van der Waals surface area (Å²) in [5.41, 5.74) is -0.141. The molecule has 0 saturated carbocycles. The Morgan fingerprint density at radius 2 is 1.96 bits per heavy atom. The highest BCUT2D eigenvalue weighted by molar-refractivity contribution is 6.31. The summed E-state index contributed by atoms with van der Waals surface area (Å²) in [6, 6.07) is 8.45. The fourth-order valence-electron chi connectivity index (χ4n) is 2.24. The molecular formula is C16H11ClF3N3O. The van der Waals surface area contributed by atoms with Gasteiger partial charge in [-0.05, 0) is 36.4 Å². The molecule has 2 heterocycles. The molecule has 0 aliphatic heterocycles. The predicted molar refractivity (Wildman–Crippen MR) is 86.1 cm³/mol. The first-order chi connectivity index (χ1) is 11.3. The Balaban J connectivity index is 1.86. The molecule has 3 aromatic rings. The second-order valence-corrected chi connectivity index (χ2v) is 5.57. The molecule has 0 amide bonds. The number of H-pyrrole nitrogens is 1. The Morgan fingerprint density at radius 3 is 2.71 bits per heavy atom. The number of benzene rings is 1. The van der Waals surface area contributed by atoms with Gasteiger partial charge in [0.05, 0.1) is 5.56 Å². The number of fused-ring (bicyclic) bond motifs is 1. The number of pyridine rings is 2. The fourth-order valence-corrected chi connectivity index (χ4v) is 2.42. The van der Waals surface area contributed by atoms with Crippen LogP contribution in [0.3, 0.4) is 0 Å². The summed E-state index contributed by atoms with van der Waals surface area (Å²) in [4.78, 5) is 18.6. The van der Waals surface area contributed by atoms with E-state index in [1.165, 1.54) is 0 Å². The van der Waals surface area contributed by atoms with Crippen LogP contribution in [0.25, 0.3) is 10.9 Å². The van der Waals surface area contributed by atoms with Gasteiger partial charge in [-0.25, -0.2) is 4.98 Å². The van der Waals surface area contributed by atoms with Crippen molar-refractivity contribution in [1.29, 1.82) is 0 Å². The lowest BCUT2D eigenvalue weighted by molar-refractivity contribution is -0.137. The van der Waals surface area contributed by atoms with Gasteiger partial charge in [-0.3, -0.25) is 4.79 Å². The van der Waals surface area contributed by atoms with Crippen LogP contribution in [0.4, 0.5) is 19.0 Å². The van der Waals surface area contributed by atoms with Gasteiger partial charge in [0.25, 0.3) is 5.56 Å². The quantitative estimate of drug-likeness (QED) is 0.741. The Labute approximate surface area is 139 Å². The SMILES string of the molecule is O=c1[nH]c2ccc(Cl)cc2cc1CNc1cc(C(F)(F)F)ccn1. The van der Waals surface area contributed by atoms with Crippen LogP contribution in [0.15, 0.2) is 47.4 Å². The molecule has 0 unspecified atom stereocenters. The van der Waals surface area contributed by atoms with Crippen LogP contribution >= 0.6 is 11.6 Å². The molecule has 0 radical (unpaired) electrons. The van der Waals surface area contributed by atoms with Crippen LogP contribution in [0.1, 0.15) is 11.1 Å². The van der Waals surface area contributed by atoms with Crippen molar-refractivity contribution in [3.05, 3.63) is 69.1 Å². The first kappa shape index (κ1) is 16.3. The van der Waals surface area contributed by atoms with Gasteiger partial charge in [0.15, 0.2) is 0 Å². The van der Waals surface area contributed by atoms with Crippen LogP contribution in [0.5, 0.6) is 0 Å². The van der Waals surface area contributed by atoms with Crippen LogP contribution in [0.2, 0.25) is 5.02 Å². The number of hydrogen-bond acceptors (Lipinski definition) is 3. The van der Waals surface area contributed by atoms with Gasteiger partial charge in [-0.15, -0.1) is 0 Å². The molecule has 0 fully saturated rings. The highest BCUT2D eigenvalue weighted by Gasteiger charge is 2.30. The van der Waals surface area contributed by atoms with E-state index in [0.717, 1.165) is 23.7 Å². The van der Waals surface area contributed by atoms with E-state index in [2.05, 4.69) is 15.3 Å². The summed E-state index contributed by atoms with van der Waals surface area (Å²) in [5, 5.41) is 3.98. The zero-order valence-corrected chi connectivity index (χ0v) is 12.9. The van der Waals surface area contributed by atoms with Crippen molar-refractivity contribution in [3.8, 4) is 0 Å². The predicted octanol–water partition coefficient (Wildman–Crippen LogP) is 4.21. The molecule has 2 aromatic heterocycles. The van der Waals surface area contributed by atoms with Crippen LogP contribution in [-0.4, -0.2) is 9.97 Å². The fraction of sp³-hybridized carbons (Fsp3) is 0.125. The molecule has 2 N–H and O–H groups in total. The lowest BCUT2D eigenvalue weighted by Gasteiger charge is -2.10. The molecular weight excluding hydrogens is 343 g/mol. The number of halogens is 4. The van der Waals surface area contributed by atoms with Gasteiger partial charge in [0, 0.05) is 34.2 Å². The Kier molecular flexibility index (Phi) is 4.19. The lowest BCUT2D eigenvalue weighted by atomic mass is 10.1. The molecule has 0 saturated heterocycles. The van der Waals surface area contributed by atoms with Crippen molar-refractivity contribution >= 4 is 28.3 Å². The van der Waals surface area contributed by atoms with Crippen molar-refractivity contribution in [3.63, 3.8) is 0 Å². The number of aromatic nitrogens is 2. The van der Waals surface area contributed by atoms with Crippen molar-refractivity contribution in [2.75, 3.05) is 5.32 Å². The Bertz CT molecular complexity index is 953. The molecule has 3 rings (SSSR count). The third-order valence-electron chi connectivity index (χ3n) is 3.43. The van der Waals surface area contributed by atoms with E-state index >= 15 is 0 Å². The molecule has 0 aliphatic carbocycles. The number of hydrogen-bond donors (Lipinski definition) is 2. The highest BCUT2D eigenvalue weighted by atomic mass is 35.5. The van der Waals surface area contributed by atoms with Gasteiger partial charge in [-0.2, -0.15) is 13.2 Å². The van der Waals surface area contributed by atoms with E-state index in [-0.39, 0.29) is 17.9 Å². The summed E-state index contributed by atoms with van der Waals surface area (Å²) < 4.78 is 38.1. The lowest BCUT2D eigenvalue weighted by Crippen LogP contribution is -2.16. The van der Waals surface area contributed by atoms with E-state index in [4.69, 9.17) is 11.6 Å². The van der Waals surface area contributed by atoms with Gasteiger partial charge >= 0.3 is 6.18 Å². The highest BCUT2D eigenvalue weighted by Crippen LogP contribution is 2.30. The number of nitrogens with zero attached hydrogens (tertiary/aromatic N) is 1. The summed E-state index contributed by atoms with van der Waals surface area (Å²) in [7, 11) is 0. The second kappa shape index (κ2) is 6.16. The maximum atomic E-state index is 12.7. The maximum absolute atomic E-state index is 12.7. The first-order valence-electron chi connectivity index (χ1n) is 6.91. The van der Waals surface area contributed by atoms with Gasteiger partial charge < -0.3 is 10.3 Å². The van der Waals surface area contributed by atoms with Crippen molar-refractivity contribution in [2.45, 2.75) is 12.7 Å². The molecule has 124 valence electrons. The van der Waals surface area contributed by atoms with E-state index in [9.17, 15) is 18.0 Å². The van der Waals surface area contributed by atoms with E-state index in [1.54, 1.807) is 24.3 Å². The standard InChI is InChI=1S/C16H11ClF3N3O/c17-12-1-2-13-9(6-12)5-10(15(24)23-13)8-22-14-7-11(3-4-21-14)16(18,19)20/h1-7H,8H2,(H,21,22)(H,23,24). The zero-order valence-electron chi connectivity index (χ0n) is 12.1. The Hall–Kier alpha value is -2.54. The minimum Gasteiger partial charge on any atom is -0.366 e. The summed E-state index contributed by atoms with van der Waals surface area (Å²) in [6.07, 6.45) is -3.38. The van der Waals surface area contributed by atoms with Gasteiger partial charge in [-0.1, -0.05) is 11.6 Å². The smallest absolute Gasteiger partial charge is 0.366 e. The summed E-state index contributed by atoms with van der Waals surface area (Å²) in [5.74, 6) is 0.0374. The largest absolute Gasteiger partial charge is 0.416 e. The van der Waals surface area contributed by atoms with Gasteiger partial charge in [0.2, 0.25) is 0 Å². The third kappa shape index (κ3) is 3.51. The number of nitrogens with one attached hydrogen (secondary N) is 2. The second-order valence-electron chi connectivity index (χ2n) is 5.14. The van der Waals surface area contributed by atoms with E-state index in [1.807, 2.05) is 0 Å². The molecule has 24 heavy (non-hydrogen) atoms. The van der Waals surface area contributed by atoms with Crippen LogP contribution < -0.4 is 10.9 Å². The molecule has 0 aliphatic rings. The summed E-state index contributed by atoms with van der Waals surface area (Å²) >= 11 is 5.92. The van der Waals surface area contributed by atoms with Crippen molar-refractivity contribution in [1.82, 2.24) is 9.97 Å². The minimum absolute atomic E-state index is 0.0338.